The first-order valence-corrected chi connectivity index (χ1v) is 8.13. The summed E-state index contributed by atoms with van der Waals surface area (Å²) in [4.78, 5) is 11.9. The van der Waals surface area contributed by atoms with E-state index in [2.05, 4.69) is 33.5 Å². The minimum Gasteiger partial charge on any atom is -0.324 e. The maximum Gasteiger partial charge on any atom is 0.238 e. The summed E-state index contributed by atoms with van der Waals surface area (Å²) < 4.78 is 0.910. The fraction of sp³-hybridized carbons (Fsp3) is 0.562. The van der Waals surface area contributed by atoms with E-state index in [4.69, 9.17) is 0 Å². The summed E-state index contributed by atoms with van der Waals surface area (Å²) in [5.74, 6) is 0.0105. The van der Waals surface area contributed by atoms with Crippen LogP contribution >= 0.6 is 15.9 Å². The van der Waals surface area contributed by atoms with Crippen molar-refractivity contribution in [3.63, 3.8) is 0 Å². The molecule has 20 heavy (non-hydrogen) atoms. The Morgan fingerprint density at radius 2 is 1.95 bits per heavy atom. The molecule has 2 rings (SSSR count). The number of halogens is 1. The first-order chi connectivity index (χ1) is 9.59. The molecule has 110 valence electrons. The minimum atomic E-state index is 0.0105. The molecule has 1 aromatic rings. The zero-order valence-corrected chi connectivity index (χ0v) is 13.6. The molecule has 4 heteroatoms. The van der Waals surface area contributed by atoms with Gasteiger partial charge in [-0.1, -0.05) is 38.3 Å². The van der Waals surface area contributed by atoms with Crippen LogP contribution in [-0.2, 0) is 4.79 Å². The molecule has 0 bridgehead atoms. The third-order valence-electron chi connectivity index (χ3n) is 4.05. The van der Waals surface area contributed by atoms with Gasteiger partial charge in [0.05, 0.1) is 12.2 Å². The van der Waals surface area contributed by atoms with Crippen LogP contribution in [0.25, 0.3) is 0 Å². The Morgan fingerprint density at radius 3 is 2.65 bits per heavy atom. The SMILES string of the molecule is CC1(CNCC(=O)Nc2ccccc2Br)CCCCC1. The lowest BCUT2D eigenvalue weighted by Crippen LogP contribution is -2.37. The largest absolute Gasteiger partial charge is 0.324 e. The predicted octanol–water partition coefficient (Wildman–Crippen LogP) is 3.95. The van der Waals surface area contributed by atoms with Crippen LogP contribution in [0.3, 0.4) is 0 Å². The minimum absolute atomic E-state index is 0.0105. The molecule has 2 N–H and O–H groups in total. The number of benzene rings is 1. The number of hydrogen-bond donors (Lipinski definition) is 2. The molecule has 0 aromatic heterocycles. The van der Waals surface area contributed by atoms with Crippen molar-refractivity contribution in [2.24, 2.45) is 5.41 Å². The Labute approximate surface area is 129 Å². The van der Waals surface area contributed by atoms with Gasteiger partial charge in [-0.3, -0.25) is 4.79 Å². The van der Waals surface area contributed by atoms with E-state index in [1.54, 1.807) is 0 Å². The summed E-state index contributed by atoms with van der Waals surface area (Å²) in [6, 6.07) is 7.66. The van der Waals surface area contributed by atoms with Crippen LogP contribution in [-0.4, -0.2) is 19.0 Å². The van der Waals surface area contributed by atoms with Crippen LogP contribution in [0.5, 0.6) is 0 Å². The van der Waals surface area contributed by atoms with Crippen molar-refractivity contribution in [2.45, 2.75) is 39.0 Å². The molecule has 1 aliphatic carbocycles. The zero-order valence-electron chi connectivity index (χ0n) is 12.0. The van der Waals surface area contributed by atoms with Gasteiger partial charge in [0.15, 0.2) is 0 Å². The Kier molecular flexibility index (Phi) is 5.61. The van der Waals surface area contributed by atoms with Gasteiger partial charge in [-0.25, -0.2) is 0 Å². The van der Waals surface area contributed by atoms with Gasteiger partial charge < -0.3 is 10.6 Å². The number of para-hydroxylation sites is 1. The molecular formula is C16H23BrN2O. The first-order valence-electron chi connectivity index (χ1n) is 7.34. The standard InChI is InChI=1S/C16H23BrN2O/c1-16(9-5-2-6-10-16)12-18-11-15(20)19-14-8-4-3-7-13(14)17/h3-4,7-8,18H,2,5-6,9-12H2,1H3,(H,19,20). The van der Waals surface area contributed by atoms with Gasteiger partial charge in [-0.2, -0.15) is 0 Å². The van der Waals surface area contributed by atoms with Crippen molar-refractivity contribution in [3.05, 3.63) is 28.7 Å². The lowest BCUT2D eigenvalue weighted by molar-refractivity contribution is -0.115. The maximum atomic E-state index is 11.9. The van der Waals surface area contributed by atoms with E-state index in [0.717, 1.165) is 16.7 Å². The van der Waals surface area contributed by atoms with Crippen LogP contribution in [0, 0.1) is 5.41 Å². The van der Waals surface area contributed by atoms with Gasteiger partial charge in [0.25, 0.3) is 0 Å². The van der Waals surface area contributed by atoms with Crippen LogP contribution in [0.1, 0.15) is 39.0 Å². The molecular weight excluding hydrogens is 316 g/mol. The number of rotatable bonds is 5. The molecule has 0 atom stereocenters. The van der Waals surface area contributed by atoms with Crippen LogP contribution in [0.2, 0.25) is 0 Å². The fourth-order valence-electron chi connectivity index (χ4n) is 2.82. The second kappa shape index (κ2) is 7.23. The molecule has 1 saturated carbocycles. The number of carbonyl (C=O) groups is 1. The Morgan fingerprint density at radius 1 is 1.25 bits per heavy atom. The predicted molar refractivity (Wildman–Crippen MR) is 86.8 cm³/mol. The summed E-state index contributed by atoms with van der Waals surface area (Å²) in [7, 11) is 0. The number of anilines is 1. The number of amides is 1. The van der Waals surface area contributed by atoms with Crippen molar-refractivity contribution in [1.82, 2.24) is 5.32 Å². The van der Waals surface area contributed by atoms with E-state index in [1.165, 1.54) is 32.1 Å². The van der Waals surface area contributed by atoms with Crippen molar-refractivity contribution in [1.29, 1.82) is 0 Å². The third kappa shape index (κ3) is 4.60. The number of nitrogens with one attached hydrogen (secondary N) is 2. The molecule has 0 aliphatic heterocycles. The zero-order chi connectivity index (χ0) is 14.4. The summed E-state index contributed by atoms with van der Waals surface area (Å²) in [5, 5.41) is 6.22. The molecule has 1 fully saturated rings. The molecule has 0 spiro atoms. The van der Waals surface area contributed by atoms with Gasteiger partial charge in [-0.05, 0) is 46.3 Å². The lowest BCUT2D eigenvalue weighted by Gasteiger charge is -2.33. The second-order valence-electron chi connectivity index (χ2n) is 6.00. The molecule has 0 heterocycles. The van der Waals surface area contributed by atoms with E-state index >= 15 is 0 Å². The van der Waals surface area contributed by atoms with Crippen molar-refractivity contribution >= 4 is 27.5 Å². The van der Waals surface area contributed by atoms with Crippen LogP contribution < -0.4 is 10.6 Å². The van der Waals surface area contributed by atoms with Crippen LogP contribution in [0.4, 0.5) is 5.69 Å². The maximum absolute atomic E-state index is 11.9. The summed E-state index contributed by atoms with van der Waals surface area (Å²) in [6.45, 7) is 3.62. The molecule has 1 aromatic carbocycles. The summed E-state index contributed by atoms with van der Waals surface area (Å²) in [6.07, 6.45) is 6.54. The molecule has 0 unspecified atom stereocenters. The molecule has 0 saturated heterocycles. The highest BCUT2D eigenvalue weighted by atomic mass is 79.9. The first kappa shape index (κ1) is 15.5. The Balaban J connectivity index is 1.74. The van der Waals surface area contributed by atoms with E-state index in [9.17, 15) is 4.79 Å². The van der Waals surface area contributed by atoms with Crippen LogP contribution in [0.15, 0.2) is 28.7 Å². The highest BCUT2D eigenvalue weighted by molar-refractivity contribution is 9.10. The Hall–Kier alpha value is -0.870. The van der Waals surface area contributed by atoms with E-state index in [1.807, 2.05) is 24.3 Å². The van der Waals surface area contributed by atoms with E-state index in [-0.39, 0.29) is 5.91 Å². The number of carbonyl (C=O) groups excluding carboxylic acids is 1. The van der Waals surface area contributed by atoms with Crippen molar-refractivity contribution in [3.8, 4) is 0 Å². The van der Waals surface area contributed by atoms with Gasteiger partial charge in [0.2, 0.25) is 5.91 Å². The van der Waals surface area contributed by atoms with Gasteiger partial charge in [-0.15, -0.1) is 0 Å². The van der Waals surface area contributed by atoms with Gasteiger partial charge in [0, 0.05) is 11.0 Å². The fourth-order valence-corrected chi connectivity index (χ4v) is 3.20. The van der Waals surface area contributed by atoms with Gasteiger partial charge in [0.1, 0.15) is 0 Å². The number of hydrogen-bond acceptors (Lipinski definition) is 2. The van der Waals surface area contributed by atoms with E-state index < -0.39 is 0 Å². The summed E-state index contributed by atoms with van der Waals surface area (Å²) >= 11 is 3.43. The van der Waals surface area contributed by atoms with Crippen molar-refractivity contribution in [2.75, 3.05) is 18.4 Å². The summed E-state index contributed by atoms with van der Waals surface area (Å²) in [5.41, 5.74) is 1.19. The van der Waals surface area contributed by atoms with E-state index in [0.29, 0.717) is 12.0 Å². The Bertz CT molecular complexity index is 456. The highest BCUT2D eigenvalue weighted by Crippen LogP contribution is 2.34. The monoisotopic (exact) mass is 338 g/mol. The third-order valence-corrected chi connectivity index (χ3v) is 4.74. The smallest absolute Gasteiger partial charge is 0.238 e. The molecule has 0 radical (unpaired) electrons. The van der Waals surface area contributed by atoms with Gasteiger partial charge >= 0.3 is 0 Å². The topological polar surface area (TPSA) is 41.1 Å². The average molecular weight is 339 g/mol. The normalized spacial score (nSPS) is 17.7. The highest BCUT2D eigenvalue weighted by Gasteiger charge is 2.26. The molecule has 1 amide bonds. The average Bonchev–Trinajstić information content (AvgIpc) is 2.42. The molecule has 1 aliphatic rings. The van der Waals surface area contributed by atoms with Crippen molar-refractivity contribution < 1.29 is 4.79 Å². The second-order valence-corrected chi connectivity index (χ2v) is 6.86. The lowest BCUT2D eigenvalue weighted by atomic mass is 9.76. The quantitative estimate of drug-likeness (QED) is 0.853. The molecule has 3 nitrogen and oxygen atoms in total.